The topological polar surface area (TPSA) is 115 Å². The van der Waals surface area contributed by atoms with E-state index in [1.807, 2.05) is 0 Å². The lowest BCUT2D eigenvalue weighted by Gasteiger charge is -2.20. The molecule has 0 saturated heterocycles. The van der Waals surface area contributed by atoms with Crippen LogP contribution in [0.4, 0.5) is 0 Å². The van der Waals surface area contributed by atoms with E-state index in [9.17, 15) is 19.8 Å². The van der Waals surface area contributed by atoms with Crippen molar-refractivity contribution in [2.45, 2.75) is 38.1 Å². The summed E-state index contributed by atoms with van der Waals surface area (Å²) in [4.78, 5) is 21.6. The molecule has 0 fully saturated rings. The second-order valence-corrected chi connectivity index (χ2v) is 3.43. The maximum absolute atomic E-state index is 11.0. The van der Waals surface area contributed by atoms with E-state index < -0.39 is 37.1 Å². The van der Waals surface area contributed by atoms with E-state index in [4.69, 9.17) is 10.2 Å². The van der Waals surface area contributed by atoms with Gasteiger partial charge < -0.3 is 20.4 Å². The molecule has 0 amide bonds. The number of hydrogen-bond donors (Lipinski definition) is 4. The Kier molecular flexibility index (Phi) is 6.26. The first kappa shape index (κ1) is 14.2. The lowest BCUT2D eigenvalue weighted by molar-refractivity contribution is -0.130. The fourth-order valence-corrected chi connectivity index (χ4v) is 1.07. The second kappa shape index (κ2) is 6.62. The van der Waals surface area contributed by atoms with E-state index in [1.54, 1.807) is 0 Å². The summed E-state index contributed by atoms with van der Waals surface area (Å²) in [5.74, 6) is -0.844. The second-order valence-electron chi connectivity index (χ2n) is 3.43. The van der Waals surface area contributed by atoms with Crippen molar-refractivity contribution >= 4 is 11.6 Å². The third kappa shape index (κ3) is 5.58. The van der Waals surface area contributed by atoms with Crippen LogP contribution in [0.25, 0.3) is 0 Å². The Morgan fingerprint density at radius 1 is 1.13 bits per heavy atom. The number of aliphatic hydroxyl groups excluding tert-OH is 4. The molecule has 0 aliphatic rings. The number of ketones is 2. The molecule has 3 unspecified atom stereocenters. The highest BCUT2D eigenvalue weighted by atomic mass is 16.4. The predicted molar refractivity (Wildman–Crippen MR) is 50.0 cm³/mol. The third-order valence-corrected chi connectivity index (χ3v) is 1.86. The highest BCUT2D eigenvalue weighted by molar-refractivity contribution is 5.98. The van der Waals surface area contributed by atoms with Crippen LogP contribution in [0.3, 0.4) is 0 Å². The zero-order valence-corrected chi connectivity index (χ0v) is 8.46. The normalized spacial score (nSPS) is 16.9. The van der Waals surface area contributed by atoms with Gasteiger partial charge in [0.1, 0.15) is 23.8 Å². The van der Waals surface area contributed by atoms with Crippen LogP contribution in [0.15, 0.2) is 0 Å². The summed E-state index contributed by atoms with van der Waals surface area (Å²) in [5.41, 5.74) is 0. The summed E-state index contributed by atoms with van der Waals surface area (Å²) in [6.07, 6.45) is -5.29. The van der Waals surface area contributed by atoms with Gasteiger partial charge in [-0.15, -0.1) is 0 Å². The van der Waals surface area contributed by atoms with Crippen LogP contribution in [0.1, 0.15) is 19.8 Å². The van der Waals surface area contributed by atoms with E-state index in [0.29, 0.717) is 0 Å². The first-order valence-corrected chi connectivity index (χ1v) is 4.54. The Balaban J connectivity index is 4.06. The summed E-state index contributed by atoms with van der Waals surface area (Å²) >= 11 is 0. The average Bonchev–Trinajstić information content (AvgIpc) is 2.13. The monoisotopic (exact) mass is 220 g/mol. The molecule has 0 spiro atoms. The van der Waals surface area contributed by atoms with Gasteiger partial charge in [-0.2, -0.15) is 0 Å². The van der Waals surface area contributed by atoms with Gasteiger partial charge in [-0.05, 0) is 6.92 Å². The molecular formula is C9H16O6. The molecule has 0 bridgehead atoms. The molecule has 0 saturated carbocycles. The van der Waals surface area contributed by atoms with Gasteiger partial charge in [-0.1, -0.05) is 0 Å². The summed E-state index contributed by atoms with van der Waals surface area (Å²) in [6, 6.07) is 0. The standard InChI is InChI=1S/C9H16O6/c1-5(11)2-6(12)3-7(13)9(15)8(14)4-10/h7-10,13-15H,2-4H2,1H3. The molecule has 0 aliphatic heterocycles. The molecule has 0 aromatic rings. The Hall–Kier alpha value is -0.820. The van der Waals surface area contributed by atoms with Crippen LogP contribution in [-0.2, 0) is 9.59 Å². The van der Waals surface area contributed by atoms with Gasteiger partial charge in [0.05, 0.1) is 19.1 Å². The molecule has 88 valence electrons. The fraction of sp³-hybridized carbons (Fsp3) is 0.778. The quantitative estimate of drug-likeness (QED) is 0.369. The number of carbonyl (C=O) groups excluding carboxylic acids is 2. The van der Waals surface area contributed by atoms with Crippen molar-refractivity contribution in [1.29, 1.82) is 0 Å². The largest absolute Gasteiger partial charge is 0.394 e. The summed E-state index contributed by atoms with van der Waals surface area (Å²) in [7, 11) is 0. The van der Waals surface area contributed by atoms with Crippen molar-refractivity contribution in [2.75, 3.05) is 6.61 Å². The predicted octanol–water partition coefficient (Wildman–Crippen LogP) is -2.00. The summed E-state index contributed by atoms with van der Waals surface area (Å²) in [5, 5.41) is 35.8. The van der Waals surface area contributed by atoms with Crippen LogP contribution in [0.2, 0.25) is 0 Å². The van der Waals surface area contributed by atoms with Gasteiger partial charge in [0.15, 0.2) is 0 Å². The Labute approximate surface area is 87.2 Å². The van der Waals surface area contributed by atoms with E-state index in [2.05, 4.69) is 0 Å². The Morgan fingerprint density at radius 3 is 2.07 bits per heavy atom. The third-order valence-electron chi connectivity index (χ3n) is 1.86. The number of Topliss-reactive ketones (excluding diaryl/α,β-unsaturated/α-hetero) is 2. The highest BCUT2D eigenvalue weighted by Gasteiger charge is 2.26. The van der Waals surface area contributed by atoms with Gasteiger partial charge in [-0.25, -0.2) is 0 Å². The first-order chi connectivity index (χ1) is 6.88. The summed E-state index contributed by atoms with van der Waals surface area (Å²) in [6.45, 7) is 0.530. The van der Waals surface area contributed by atoms with Crippen LogP contribution < -0.4 is 0 Å². The van der Waals surface area contributed by atoms with E-state index >= 15 is 0 Å². The fourth-order valence-electron chi connectivity index (χ4n) is 1.07. The number of rotatable bonds is 7. The van der Waals surface area contributed by atoms with Crippen molar-refractivity contribution in [2.24, 2.45) is 0 Å². The van der Waals surface area contributed by atoms with Crippen LogP contribution in [0.5, 0.6) is 0 Å². The SMILES string of the molecule is CC(=O)CC(=O)CC(O)C(O)C(O)CO. The van der Waals surface area contributed by atoms with Crippen molar-refractivity contribution in [3.05, 3.63) is 0 Å². The lowest BCUT2D eigenvalue weighted by Crippen LogP contribution is -2.40. The average molecular weight is 220 g/mol. The minimum Gasteiger partial charge on any atom is -0.394 e. The minimum absolute atomic E-state index is 0.307. The molecule has 0 heterocycles. The van der Waals surface area contributed by atoms with Gasteiger partial charge in [0, 0.05) is 6.42 Å². The Morgan fingerprint density at radius 2 is 1.67 bits per heavy atom. The molecule has 15 heavy (non-hydrogen) atoms. The molecule has 0 aliphatic carbocycles. The van der Waals surface area contributed by atoms with E-state index in [1.165, 1.54) is 6.92 Å². The zero-order valence-electron chi connectivity index (χ0n) is 8.46. The maximum atomic E-state index is 11.0. The molecule has 0 radical (unpaired) electrons. The highest BCUT2D eigenvalue weighted by Crippen LogP contribution is 2.06. The van der Waals surface area contributed by atoms with Crippen LogP contribution in [-0.4, -0.2) is 56.9 Å². The smallest absolute Gasteiger partial charge is 0.142 e. The molecule has 0 rings (SSSR count). The van der Waals surface area contributed by atoms with Crippen LogP contribution in [0, 0.1) is 0 Å². The van der Waals surface area contributed by atoms with Crippen molar-refractivity contribution in [3.63, 3.8) is 0 Å². The molecule has 0 aromatic heterocycles. The number of carbonyl (C=O) groups is 2. The van der Waals surface area contributed by atoms with Crippen molar-refractivity contribution < 1.29 is 30.0 Å². The molecule has 6 heteroatoms. The number of aliphatic hydroxyl groups is 4. The van der Waals surface area contributed by atoms with Gasteiger partial charge >= 0.3 is 0 Å². The van der Waals surface area contributed by atoms with Crippen LogP contribution >= 0.6 is 0 Å². The van der Waals surface area contributed by atoms with Crippen molar-refractivity contribution in [1.82, 2.24) is 0 Å². The molecule has 0 aromatic carbocycles. The minimum atomic E-state index is -1.59. The summed E-state index contributed by atoms with van der Waals surface area (Å²) < 4.78 is 0. The maximum Gasteiger partial charge on any atom is 0.142 e. The lowest BCUT2D eigenvalue weighted by atomic mass is 10.0. The van der Waals surface area contributed by atoms with Gasteiger partial charge in [-0.3, -0.25) is 9.59 Å². The molecular weight excluding hydrogens is 204 g/mol. The van der Waals surface area contributed by atoms with Crippen molar-refractivity contribution in [3.8, 4) is 0 Å². The van der Waals surface area contributed by atoms with Gasteiger partial charge in [0.2, 0.25) is 0 Å². The van der Waals surface area contributed by atoms with E-state index in [-0.39, 0.29) is 12.2 Å². The number of hydrogen-bond acceptors (Lipinski definition) is 6. The molecule has 6 nitrogen and oxygen atoms in total. The first-order valence-electron chi connectivity index (χ1n) is 4.54. The Bertz CT molecular complexity index is 227. The van der Waals surface area contributed by atoms with Gasteiger partial charge in [0.25, 0.3) is 0 Å². The van der Waals surface area contributed by atoms with E-state index in [0.717, 1.165) is 0 Å². The molecule has 4 N–H and O–H groups in total. The molecule has 3 atom stereocenters. The zero-order chi connectivity index (χ0) is 12.0.